The number of hydrogen-bond acceptors (Lipinski definition) is 2. The molecule has 112 valence electrons. The zero-order valence-corrected chi connectivity index (χ0v) is 11.4. The lowest BCUT2D eigenvalue weighted by atomic mass is 9.77. The van der Waals surface area contributed by atoms with Crippen LogP contribution in [-0.4, -0.2) is 41.3 Å². The number of carboxylic acids is 1. The van der Waals surface area contributed by atoms with Crippen molar-refractivity contribution >= 4 is 5.97 Å². The molecule has 0 aromatic rings. The van der Waals surface area contributed by atoms with E-state index in [4.69, 9.17) is 5.11 Å². The Bertz CT molecular complexity index is 305. The number of hydrogen-bond donors (Lipinski definition) is 1. The number of nitrogens with zero attached hydrogens (tertiary/aromatic N) is 1. The van der Waals surface area contributed by atoms with Crippen molar-refractivity contribution in [2.45, 2.75) is 51.7 Å². The Kier molecular flexibility index (Phi) is 5.64. The summed E-state index contributed by atoms with van der Waals surface area (Å²) in [6.07, 6.45) is -0.912. The number of rotatable bonds is 5. The number of alkyl halides is 3. The molecule has 0 radical (unpaired) electrons. The standard InChI is InChI=1S/C13H22F3NO2/c1-9(2)10-5-3-4-6-11(10)17(7-12(18)19)8-13(14,15)16/h9-11H,3-8H2,1-2H3,(H,18,19). The maximum atomic E-state index is 12.6. The van der Waals surface area contributed by atoms with Crippen LogP contribution in [0.4, 0.5) is 13.2 Å². The highest BCUT2D eigenvalue weighted by Crippen LogP contribution is 2.34. The Labute approximate surface area is 111 Å². The van der Waals surface area contributed by atoms with Gasteiger partial charge >= 0.3 is 12.1 Å². The first kappa shape index (κ1) is 16.3. The molecular weight excluding hydrogens is 259 g/mol. The summed E-state index contributed by atoms with van der Waals surface area (Å²) in [6.45, 7) is 2.33. The Morgan fingerprint density at radius 2 is 1.89 bits per heavy atom. The van der Waals surface area contributed by atoms with E-state index in [9.17, 15) is 18.0 Å². The van der Waals surface area contributed by atoms with Crippen LogP contribution in [0.2, 0.25) is 0 Å². The van der Waals surface area contributed by atoms with Gasteiger partial charge in [-0.25, -0.2) is 0 Å². The third-order valence-corrected chi connectivity index (χ3v) is 3.83. The third-order valence-electron chi connectivity index (χ3n) is 3.83. The minimum atomic E-state index is -4.35. The zero-order valence-electron chi connectivity index (χ0n) is 11.4. The van der Waals surface area contributed by atoms with Crippen LogP contribution in [0.1, 0.15) is 39.5 Å². The Morgan fingerprint density at radius 1 is 1.32 bits per heavy atom. The molecule has 1 aliphatic rings. The van der Waals surface area contributed by atoms with Crippen molar-refractivity contribution in [3.8, 4) is 0 Å². The lowest BCUT2D eigenvalue weighted by molar-refractivity contribution is -0.162. The third kappa shape index (κ3) is 5.38. The predicted molar refractivity (Wildman–Crippen MR) is 65.8 cm³/mol. The lowest BCUT2D eigenvalue weighted by Gasteiger charge is -2.41. The largest absolute Gasteiger partial charge is 0.480 e. The van der Waals surface area contributed by atoms with E-state index < -0.39 is 25.2 Å². The quantitative estimate of drug-likeness (QED) is 0.841. The molecule has 1 N–H and O–H groups in total. The highest BCUT2D eigenvalue weighted by molar-refractivity contribution is 5.69. The van der Waals surface area contributed by atoms with Gasteiger partial charge in [-0.05, 0) is 24.7 Å². The molecule has 1 saturated carbocycles. The van der Waals surface area contributed by atoms with Crippen molar-refractivity contribution in [2.24, 2.45) is 11.8 Å². The van der Waals surface area contributed by atoms with Gasteiger partial charge in [0.2, 0.25) is 0 Å². The van der Waals surface area contributed by atoms with Gasteiger partial charge in [0.25, 0.3) is 0 Å². The van der Waals surface area contributed by atoms with Gasteiger partial charge in [-0.2, -0.15) is 13.2 Å². The molecule has 1 aliphatic carbocycles. The van der Waals surface area contributed by atoms with Gasteiger partial charge in [0.05, 0.1) is 13.1 Å². The molecule has 6 heteroatoms. The number of aliphatic carboxylic acids is 1. The molecule has 0 aromatic heterocycles. The van der Waals surface area contributed by atoms with Crippen LogP contribution in [-0.2, 0) is 4.79 Å². The highest BCUT2D eigenvalue weighted by Gasteiger charge is 2.39. The van der Waals surface area contributed by atoms with Crippen LogP contribution < -0.4 is 0 Å². The topological polar surface area (TPSA) is 40.5 Å². The van der Waals surface area contributed by atoms with E-state index in [1.165, 1.54) is 0 Å². The number of carboxylic acid groups (broad SMARTS) is 1. The van der Waals surface area contributed by atoms with Gasteiger partial charge < -0.3 is 5.11 Å². The SMILES string of the molecule is CC(C)C1CCCCC1N(CC(=O)O)CC(F)(F)F. The fourth-order valence-electron chi connectivity index (χ4n) is 3.07. The summed E-state index contributed by atoms with van der Waals surface area (Å²) in [5.41, 5.74) is 0. The summed E-state index contributed by atoms with van der Waals surface area (Å²) >= 11 is 0. The molecule has 0 spiro atoms. The van der Waals surface area contributed by atoms with Gasteiger partial charge in [-0.1, -0.05) is 26.7 Å². The van der Waals surface area contributed by atoms with Crippen LogP contribution in [0.3, 0.4) is 0 Å². The van der Waals surface area contributed by atoms with Crippen LogP contribution in [0.15, 0.2) is 0 Å². The Hall–Kier alpha value is -0.780. The molecule has 1 rings (SSSR count). The molecule has 1 fully saturated rings. The fourth-order valence-corrected chi connectivity index (χ4v) is 3.07. The van der Waals surface area contributed by atoms with Crippen molar-refractivity contribution in [3.05, 3.63) is 0 Å². The predicted octanol–water partition coefficient (Wildman–Crippen LogP) is 3.15. The zero-order chi connectivity index (χ0) is 14.6. The monoisotopic (exact) mass is 281 g/mol. The summed E-state index contributed by atoms with van der Waals surface area (Å²) in [7, 11) is 0. The van der Waals surface area contributed by atoms with E-state index >= 15 is 0 Å². The molecule has 0 bridgehead atoms. The molecule has 0 aromatic carbocycles. The van der Waals surface area contributed by atoms with Crippen LogP contribution in [0.25, 0.3) is 0 Å². The summed E-state index contributed by atoms with van der Waals surface area (Å²) in [4.78, 5) is 11.9. The summed E-state index contributed by atoms with van der Waals surface area (Å²) in [5.74, 6) is -0.775. The van der Waals surface area contributed by atoms with Crippen molar-refractivity contribution < 1.29 is 23.1 Å². The van der Waals surface area contributed by atoms with Gasteiger partial charge in [0.15, 0.2) is 0 Å². The minimum absolute atomic E-state index is 0.149. The van der Waals surface area contributed by atoms with E-state index in [2.05, 4.69) is 0 Å². The average Bonchev–Trinajstić information content (AvgIpc) is 2.25. The molecule has 2 unspecified atom stereocenters. The Balaban J connectivity index is 2.83. The molecule has 3 nitrogen and oxygen atoms in total. The number of carbonyl (C=O) groups is 1. The molecule has 0 aliphatic heterocycles. The molecule has 2 atom stereocenters. The van der Waals surface area contributed by atoms with Crippen LogP contribution in [0.5, 0.6) is 0 Å². The van der Waals surface area contributed by atoms with Crippen molar-refractivity contribution in [3.63, 3.8) is 0 Å². The molecule has 0 saturated heterocycles. The lowest BCUT2D eigenvalue weighted by Crippen LogP contribution is -2.50. The smallest absolute Gasteiger partial charge is 0.401 e. The van der Waals surface area contributed by atoms with Crippen molar-refractivity contribution in [1.82, 2.24) is 4.90 Å². The first-order valence-corrected chi connectivity index (χ1v) is 6.73. The fraction of sp³-hybridized carbons (Fsp3) is 0.923. The second kappa shape index (κ2) is 6.59. The molecule has 19 heavy (non-hydrogen) atoms. The first-order valence-electron chi connectivity index (χ1n) is 6.73. The normalized spacial score (nSPS) is 25.0. The van der Waals surface area contributed by atoms with Crippen LogP contribution in [0, 0.1) is 11.8 Å². The maximum absolute atomic E-state index is 12.6. The van der Waals surface area contributed by atoms with Gasteiger partial charge in [0, 0.05) is 6.04 Å². The van der Waals surface area contributed by atoms with E-state index in [-0.39, 0.29) is 17.9 Å². The van der Waals surface area contributed by atoms with E-state index in [1.807, 2.05) is 13.8 Å². The summed E-state index contributed by atoms with van der Waals surface area (Å²) in [6, 6.07) is -0.272. The van der Waals surface area contributed by atoms with E-state index in [0.717, 1.165) is 24.2 Å². The highest BCUT2D eigenvalue weighted by atomic mass is 19.4. The van der Waals surface area contributed by atoms with Gasteiger partial charge in [0.1, 0.15) is 0 Å². The second-order valence-corrected chi connectivity index (χ2v) is 5.67. The van der Waals surface area contributed by atoms with Gasteiger partial charge in [-0.3, -0.25) is 9.69 Å². The second-order valence-electron chi connectivity index (χ2n) is 5.67. The first-order chi connectivity index (χ1) is 8.70. The van der Waals surface area contributed by atoms with Crippen molar-refractivity contribution in [2.75, 3.05) is 13.1 Å². The summed E-state index contributed by atoms with van der Waals surface area (Å²) in [5, 5.41) is 8.83. The molecule has 0 heterocycles. The summed E-state index contributed by atoms with van der Waals surface area (Å²) < 4.78 is 37.8. The Morgan fingerprint density at radius 3 is 2.37 bits per heavy atom. The van der Waals surface area contributed by atoms with Gasteiger partial charge in [-0.15, -0.1) is 0 Å². The van der Waals surface area contributed by atoms with E-state index in [0.29, 0.717) is 6.42 Å². The molecule has 0 amide bonds. The molecular formula is C13H22F3NO2. The maximum Gasteiger partial charge on any atom is 0.401 e. The van der Waals surface area contributed by atoms with E-state index in [1.54, 1.807) is 0 Å². The number of halogens is 3. The van der Waals surface area contributed by atoms with Crippen LogP contribution >= 0.6 is 0 Å². The van der Waals surface area contributed by atoms with Crippen molar-refractivity contribution in [1.29, 1.82) is 0 Å². The minimum Gasteiger partial charge on any atom is -0.480 e. The average molecular weight is 281 g/mol.